The van der Waals surface area contributed by atoms with E-state index in [0.717, 1.165) is 0 Å². The molecule has 0 aliphatic carbocycles. The molecule has 0 radical (unpaired) electrons. The molecule has 0 aromatic rings. The third-order valence-electron chi connectivity index (χ3n) is 2.60. The van der Waals surface area contributed by atoms with E-state index >= 15 is 0 Å². The van der Waals surface area contributed by atoms with Crippen LogP contribution < -0.4 is 0 Å². The fourth-order valence-corrected chi connectivity index (χ4v) is 1.61. The molecule has 15 heavy (non-hydrogen) atoms. The molecule has 0 amide bonds. The summed E-state index contributed by atoms with van der Waals surface area (Å²) in [4.78, 5) is 0. The van der Waals surface area contributed by atoms with Crippen LogP contribution in [0.3, 0.4) is 0 Å². The standard InChI is InChI=1S/C9H16O6/c1-2-3-9(14)7(12)6(11)5(4-10)15-8(9)13/h2,5-8,10-14H,1,3-4H2/t5-,6-,7+,8+,9+/m1/s1. The van der Waals surface area contributed by atoms with Crippen molar-refractivity contribution in [1.82, 2.24) is 0 Å². The van der Waals surface area contributed by atoms with Crippen molar-refractivity contribution in [3.05, 3.63) is 12.7 Å². The molecular weight excluding hydrogens is 204 g/mol. The van der Waals surface area contributed by atoms with Gasteiger partial charge in [0.1, 0.15) is 23.9 Å². The van der Waals surface area contributed by atoms with Gasteiger partial charge >= 0.3 is 0 Å². The maximum Gasteiger partial charge on any atom is 0.187 e. The monoisotopic (exact) mass is 220 g/mol. The quantitative estimate of drug-likeness (QED) is 0.343. The van der Waals surface area contributed by atoms with Gasteiger partial charge in [0, 0.05) is 6.42 Å². The van der Waals surface area contributed by atoms with Crippen LogP contribution in [0.15, 0.2) is 12.7 Å². The Hall–Kier alpha value is -0.500. The van der Waals surface area contributed by atoms with Crippen molar-refractivity contribution >= 4 is 0 Å². The zero-order valence-electron chi connectivity index (χ0n) is 8.15. The topological polar surface area (TPSA) is 110 Å². The molecule has 1 fully saturated rings. The number of rotatable bonds is 3. The molecule has 0 unspecified atom stereocenters. The number of aliphatic hydroxyl groups is 5. The van der Waals surface area contributed by atoms with Gasteiger partial charge in [-0.3, -0.25) is 0 Å². The Morgan fingerprint density at radius 3 is 2.40 bits per heavy atom. The molecule has 88 valence electrons. The lowest BCUT2D eigenvalue weighted by atomic mass is 9.84. The highest BCUT2D eigenvalue weighted by Crippen LogP contribution is 2.31. The first kappa shape index (κ1) is 12.6. The summed E-state index contributed by atoms with van der Waals surface area (Å²) in [6, 6.07) is 0. The Kier molecular flexibility index (Phi) is 3.82. The van der Waals surface area contributed by atoms with Gasteiger partial charge < -0.3 is 30.3 Å². The summed E-state index contributed by atoms with van der Waals surface area (Å²) in [5.41, 5.74) is -1.99. The Morgan fingerprint density at radius 2 is 1.93 bits per heavy atom. The lowest BCUT2D eigenvalue weighted by Crippen LogP contribution is -2.66. The first-order chi connectivity index (χ1) is 6.97. The first-order valence-corrected chi connectivity index (χ1v) is 4.61. The van der Waals surface area contributed by atoms with Gasteiger partial charge in [0.2, 0.25) is 0 Å². The van der Waals surface area contributed by atoms with Crippen molar-refractivity contribution in [2.24, 2.45) is 0 Å². The molecule has 6 heteroatoms. The second-order valence-corrected chi connectivity index (χ2v) is 3.63. The minimum atomic E-state index is -1.99. The number of hydrogen-bond donors (Lipinski definition) is 5. The number of ether oxygens (including phenoxy) is 1. The fourth-order valence-electron chi connectivity index (χ4n) is 1.61. The van der Waals surface area contributed by atoms with E-state index in [4.69, 9.17) is 9.84 Å². The molecule has 1 heterocycles. The predicted octanol–water partition coefficient (Wildman–Crippen LogP) is -2.28. The van der Waals surface area contributed by atoms with Gasteiger partial charge in [-0.1, -0.05) is 6.08 Å². The van der Waals surface area contributed by atoms with E-state index < -0.39 is 36.8 Å². The Morgan fingerprint density at radius 1 is 1.33 bits per heavy atom. The third kappa shape index (κ3) is 2.05. The summed E-state index contributed by atoms with van der Waals surface area (Å²) >= 11 is 0. The molecule has 1 rings (SSSR count). The SMILES string of the molecule is C=CC[C@@]1(O)[C@@H](O)O[C@H](CO)[C@@H](O)[C@@H]1O. The summed E-state index contributed by atoms with van der Waals surface area (Å²) < 4.78 is 4.78. The first-order valence-electron chi connectivity index (χ1n) is 4.61. The summed E-state index contributed by atoms with van der Waals surface area (Å²) in [5, 5.41) is 47.2. The van der Waals surface area contributed by atoms with E-state index in [-0.39, 0.29) is 6.42 Å². The average molecular weight is 220 g/mol. The highest BCUT2D eigenvalue weighted by Gasteiger charge is 2.53. The van der Waals surface area contributed by atoms with Crippen molar-refractivity contribution in [1.29, 1.82) is 0 Å². The van der Waals surface area contributed by atoms with Crippen LogP contribution >= 0.6 is 0 Å². The minimum Gasteiger partial charge on any atom is -0.394 e. The minimum absolute atomic E-state index is 0.134. The fraction of sp³-hybridized carbons (Fsp3) is 0.778. The smallest absolute Gasteiger partial charge is 0.187 e. The maximum atomic E-state index is 9.85. The van der Waals surface area contributed by atoms with Crippen LogP contribution in [-0.4, -0.2) is 62.3 Å². The van der Waals surface area contributed by atoms with E-state index in [1.165, 1.54) is 6.08 Å². The van der Waals surface area contributed by atoms with Crippen LogP contribution in [-0.2, 0) is 4.74 Å². The summed E-state index contributed by atoms with van der Waals surface area (Å²) in [6.07, 6.45) is -4.68. The molecule has 0 saturated carbocycles. The molecule has 6 nitrogen and oxygen atoms in total. The highest BCUT2D eigenvalue weighted by molar-refractivity contribution is 5.02. The lowest BCUT2D eigenvalue weighted by Gasteiger charge is -2.45. The molecule has 1 aliphatic rings. The van der Waals surface area contributed by atoms with Crippen LogP contribution in [0.4, 0.5) is 0 Å². The molecule has 0 aromatic carbocycles. The zero-order chi connectivity index (χ0) is 11.6. The number of aliphatic hydroxyl groups excluding tert-OH is 4. The molecule has 1 saturated heterocycles. The molecule has 0 spiro atoms. The normalized spacial score (nSPS) is 46.5. The number of hydrogen-bond acceptors (Lipinski definition) is 6. The molecule has 5 atom stereocenters. The van der Waals surface area contributed by atoms with E-state index in [2.05, 4.69) is 6.58 Å². The highest BCUT2D eigenvalue weighted by atomic mass is 16.6. The zero-order valence-corrected chi connectivity index (χ0v) is 8.15. The van der Waals surface area contributed by atoms with Crippen LogP contribution in [0.2, 0.25) is 0 Å². The molecule has 1 aliphatic heterocycles. The van der Waals surface area contributed by atoms with Crippen molar-refractivity contribution in [3.8, 4) is 0 Å². The second kappa shape index (κ2) is 4.56. The van der Waals surface area contributed by atoms with Gasteiger partial charge in [-0.15, -0.1) is 6.58 Å². The summed E-state index contributed by atoms with van der Waals surface area (Å²) in [5.74, 6) is 0. The van der Waals surface area contributed by atoms with Crippen LogP contribution in [0.1, 0.15) is 6.42 Å². The molecule has 0 bridgehead atoms. The van der Waals surface area contributed by atoms with E-state index in [9.17, 15) is 20.4 Å². The Balaban J connectivity index is 2.87. The van der Waals surface area contributed by atoms with Crippen LogP contribution in [0.25, 0.3) is 0 Å². The van der Waals surface area contributed by atoms with Gasteiger partial charge in [-0.2, -0.15) is 0 Å². The van der Waals surface area contributed by atoms with Gasteiger partial charge in [0.25, 0.3) is 0 Å². The molecular formula is C9H16O6. The Bertz CT molecular complexity index is 233. The van der Waals surface area contributed by atoms with Crippen LogP contribution in [0, 0.1) is 0 Å². The maximum absolute atomic E-state index is 9.85. The summed E-state index contributed by atoms with van der Waals surface area (Å²) in [6.45, 7) is 2.81. The Labute approximate surface area is 87.0 Å². The van der Waals surface area contributed by atoms with Gasteiger partial charge in [0.15, 0.2) is 6.29 Å². The van der Waals surface area contributed by atoms with Crippen molar-refractivity contribution in [2.45, 2.75) is 36.6 Å². The molecule has 0 aromatic heterocycles. The average Bonchev–Trinajstić information content (AvgIpc) is 2.21. The van der Waals surface area contributed by atoms with Crippen molar-refractivity contribution < 1.29 is 30.3 Å². The lowest BCUT2D eigenvalue weighted by molar-refractivity contribution is -0.328. The van der Waals surface area contributed by atoms with Crippen LogP contribution in [0.5, 0.6) is 0 Å². The second-order valence-electron chi connectivity index (χ2n) is 3.63. The van der Waals surface area contributed by atoms with Gasteiger partial charge in [0.05, 0.1) is 6.61 Å². The van der Waals surface area contributed by atoms with E-state index in [1.807, 2.05) is 0 Å². The summed E-state index contributed by atoms with van der Waals surface area (Å²) in [7, 11) is 0. The third-order valence-corrected chi connectivity index (χ3v) is 2.60. The largest absolute Gasteiger partial charge is 0.394 e. The molecule has 5 N–H and O–H groups in total. The van der Waals surface area contributed by atoms with Crippen molar-refractivity contribution in [2.75, 3.05) is 6.61 Å². The predicted molar refractivity (Wildman–Crippen MR) is 49.7 cm³/mol. The van der Waals surface area contributed by atoms with Crippen molar-refractivity contribution in [3.63, 3.8) is 0 Å². The van der Waals surface area contributed by atoms with E-state index in [0.29, 0.717) is 0 Å². The van der Waals surface area contributed by atoms with Gasteiger partial charge in [-0.25, -0.2) is 0 Å². The van der Waals surface area contributed by atoms with E-state index in [1.54, 1.807) is 0 Å². The van der Waals surface area contributed by atoms with Gasteiger partial charge in [-0.05, 0) is 0 Å².